The summed E-state index contributed by atoms with van der Waals surface area (Å²) in [4.78, 5) is 0. The minimum Gasteiger partial charge on any atom is -0.396 e. The fourth-order valence-corrected chi connectivity index (χ4v) is 1.38. The molecule has 0 unspecified atom stereocenters. The van der Waals surface area contributed by atoms with Crippen LogP contribution >= 0.6 is 11.6 Å². The van der Waals surface area contributed by atoms with Gasteiger partial charge in [-0.1, -0.05) is 20.8 Å². The summed E-state index contributed by atoms with van der Waals surface area (Å²) in [7, 11) is 0. The molecule has 0 aliphatic carbocycles. The molecule has 2 nitrogen and oxygen atoms in total. The van der Waals surface area contributed by atoms with E-state index in [2.05, 4.69) is 0 Å². The molecule has 0 aliphatic rings. The summed E-state index contributed by atoms with van der Waals surface area (Å²) in [5.41, 5.74) is -0.729. The largest absolute Gasteiger partial charge is 0.396 e. The van der Waals surface area contributed by atoms with Gasteiger partial charge in [-0.25, -0.2) is 0 Å². The predicted octanol–water partition coefficient (Wildman–Crippen LogP) is 1.24. The van der Waals surface area contributed by atoms with Crippen LogP contribution in [0.4, 0.5) is 0 Å². The molecule has 3 heteroatoms. The van der Waals surface area contributed by atoms with Crippen molar-refractivity contribution in [3.05, 3.63) is 0 Å². The predicted molar refractivity (Wildman–Crippen MR) is 46.8 cm³/mol. The van der Waals surface area contributed by atoms with Crippen LogP contribution in [0.3, 0.4) is 0 Å². The van der Waals surface area contributed by atoms with Crippen molar-refractivity contribution < 1.29 is 10.2 Å². The summed E-state index contributed by atoms with van der Waals surface area (Å²) in [5.74, 6) is 0.281. The maximum Gasteiger partial charge on any atom is 0.0526 e. The van der Waals surface area contributed by atoms with E-state index in [0.29, 0.717) is 0 Å². The van der Waals surface area contributed by atoms with Crippen molar-refractivity contribution in [2.75, 3.05) is 19.1 Å². The molecule has 0 spiro atoms. The molecule has 0 aromatic carbocycles. The normalized spacial score (nSPS) is 13.6. The van der Waals surface area contributed by atoms with E-state index in [-0.39, 0.29) is 24.5 Å². The molecule has 0 fully saturated rings. The van der Waals surface area contributed by atoms with Gasteiger partial charge in [0.2, 0.25) is 0 Å². The monoisotopic (exact) mass is 180 g/mol. The van der Waals surface area contributed by atoms with Gasteiger partial charge in [-0.3, -0.25) is 0 Å². The highest BCUT2D eigenvalue weighted by molar-refractivity contribution is 6.18. The number of halogens is 1. The van der Waals surface area contributed by atoms with Crippen molar-refractivity contribution in [1.82, 2.24) is 0 Å². The second-order valence-corrected chi connectivity index (χ2v) is 4.25. The van der Waals surface area contributed by atoms with E-state index >= 15 is 0 Å². The Hall–Kier alpha value is 0.210. The van der Waals surface area contributed by atoms with Crippen LogP contribution in [0, 0.1) is 10.8 Å². The second-order valence-electron chi connectivity index (χ2n) is 3.98. The van der Waals surface area contributed by atoms with Gasteiger partial charge < -0.3 is 10.2 Å². The summed E-state index contributed by atoms with van der Waals surface area (Å²) >= 11 is 5.69. The standard InChI is InChI=1S/C8H17ClO2/c1-7(2,3)8(4-9,5-10)6-11/h10-11H,4-6H2,1-3H3. The average Bonchev–Trinajstić information content (AvgIpc) is 1.90. The maximum absolute atomic E-state index is 9.07. The van der Waals surface area contributed by atoms with E-state index in [1.807, 2.05) is 20.8 Å². The second kappa shape index (κ2) is 3.74. The molecule has 0 radical (unpaired) electrons. The SMILES string of the molecule is CC(C)(C)C(CO)(CO)CCl. The molecular formula is C8H17ClO2. The Kier molecular flexibility index (Phi) is 3.82. The molecule has 0 amide bonds. The fourth-order valence-electron chi connectivity index (χ4n) is 0.809. The average molecular weight is 181 g/mol. The minimum absolute atomic E-state index is 0.0729. The Bertz CT molecular complexity index is 105. The first-order chi connectivity index (χ1) is 4.93. The lowest BCUT2D eigenvalue weighted by Gasteiger charge is -2.40. The third-order valence-electron chi connectivity index (χ3n) is 2.45. The fraction of sp³-hybridized carbons (Fsp3) is 1.00. The first-order valence-electron chi connectivity index (χ1n) is 3.71. The first kappa shape index (κ1) is 11.2. The third-order valence-corrected chi connectivity index (χ3v) is 2.96. The zero-order valence-electron chi connectivity index (χ0n) is 7.39. The van der Waals surface area contributed by atoms with E-state index in [0.717, 1.165) is 0 Å². The number of aliphatic hydroxyl groups is 2. The molecule has 0 saturated carbocycles. The zero-order valence-corrected chi connectivity index (χ0v) is 8.15. The molecule has 0 bridgehead atoms. The van der Waals surface area contributed by atoms with Gasteiger partial charge in [0.1, 0.15) is 0 Å². The Morgan fingerprint density at radius 1 is 1.09 bits per heavy atom. The first-order valence-corrected chi connectivity index (χ1v) is 4.24. The Morgan fingerprint density at radius 2 is 1.45 bits per heavy atom. The van der Waals surface area contributed by atoms with E-state index in [4.69, 9.17) is 21.8 Å². The van der Waals surface area contributed by atoms with Gasteiger partial charge in [0, 0.05) is 11.3 Å². The van der Waals surface area contributed by atoms with Crippen molar-refractivity contribution in [3.63, 3.8) is 0 Å². The van der Waals surface area contributed by atoms with Gasteiger partial charge in [-0.15, -0.1) is 11.6 Å². The molecule has 68 valence electrons. The minimum atomic E-state index is -0.561. The van der Waals surface area contributed by atoms with Crippen molar-refractivity contribution in [2.45, 2.75) is 20.8 Å². The van der Waals surface area contributed by atoms with Gasteiger partial charge >= 0.3 is 0 Å². The quantitative estimate of drug-likeness (QED) is 0.642. The van der Waals surface area contributed by atoms with Gasteiger partial charge in [0.15, 0.2) is 0 Å². The van der Waals surface area contributed by atoms with E-state index in [1.165, 1.54) is 0 Å². The van der Waals surface area contributed by atoms with Crippen LogP contribution in [0.25, 0.3) is 0 Å². The van der Waals surface area contributed by atoms with Crippen LogP contribution in [-0.2, 0) is 0 Å². The smallest absolute Gasteiger partial charge is 0.0526 e. The lowest BCUT2D eigenvalue weighted by molar-refractivity contribution is -0.0141. The summed E-state index contributed by atoms with van der Waals surface area (Å²) in [6.07, 6.45) is 0. The van der Waals surface area contributed by atoms with Crippen molar-refractivity contribution in [3.8, 4) is 0 Å². The molecule has 0 aromatic heterocycles. The topological polar surface area (TPSA) is 40.5 Å². The van der Waals surface area contributed by atoms with E-state index in [1.54, 1.807) is 0 Å². The molecule has 0 aromatic rings. The molecule has 0 rings (SSSR count). The summed E-state index contributed by atoms with van der Waals surface area (Å²) in [6.45, 7) is 5.73. The molecular weight excluding hydrogens is 164 g/mol. The molecule has 0 saturated heterocycles. The van der Waals surface area contributed by atoms with Crippen LogP contribution in [0.2, 0.25) is 0 Å². The van der Waals surface area contributed by atoms with Gasteiger partial charge in [-0.05, 0) is 5.41 Å². The molecule has 11 heavy (non-hydrogen) atoms. The van der Waals surface area contributed by atoms with Crippen molar-refractivity contribution >= 4 is 11.6 Å². The summed E-state index contributed by atoms with van der Waals surface area (Å²) in [6, 6.07) is 0. The number of rotatable bonds is 3. The third kappa shape index (κ3) is 2.08. The molecule has 0 aliphatic heterocycles. The number of hydrogen-bond donors (Lipinski definition) is 2. The van der Waals surface area contributed by atoms with Crippen molar-refractivity contribution in [1.29, 1.82) is 0 Å². The van der Waals surface area contributed by atoms with Crippen LogP contribution in [0.1, 0.15) is 20.8 Å². The maximum atomic E-state index is 9.07. The summed E-state index contributed by atoms with van der Waals surface area (Å²) in [5, 5.41) is 18.1. The number of alkyl halides is 1. The molecule has 2 N–H and O–H groups in total. The summed E-state index contributed by atoms with van der Waals surface area (Å²) < 4.78 is 0. The highest BCUT2D eigenvalue weighted by Crippen LogP contribution is 2.38. The van der Waals surface area contributed by atoms with Crippen LogP contribution in [-0.4, -0.2) is 29.3 Å². The highest BCUT2D eigenvalue weighted by atomic mass is 35.5. The highest BCUT2D eigenvalue weighted by Gasteiger charge is 2.40. The van der Waals surface area contributed by atoms with Crippen LogP contribution < -0.4 is 0 Å². The molecule has 0 heterocycles. The zero-order chi connectivity index (χ0) is 9.12. The lowest BCUT2D eigenvalue weighted by Crippen LogP contribution is -2.44. The Balaban J connectivity index is 4.54. The Labute approximate surface area is 73.2 Å². The molecule has 0 atom stereocenters. The lowest BCUT2D eigenvalue weighted by atomic mass is 9.69. The van der Waals surface area contributed by atoms with Gasteiger partial charge in [0.25, 0.3) is 0 Å². The van der Waals surface area contributed by atoms with E-state index < -0.39 is 5.41 Å². The van der Waals surface area contributed by atoms with Crippen LogP contribution in [0.15, 0.2) is 0 Å². The van der Waals surface area contributed by atoms with E-state index in [9.17, 15) is 0 Å². The number of aliphatic hydroxyl groups excluding tert-OH is 2. The Morgan fingerprint density at radius 3 is 1.45 bits per heavy atom. The van der Waals surface area contributed by atoms with Gasteiger partial charge in [-0.2, -0.15) is 0 Å². The van der Waals surface area contributed by atoms with Gasteiger partial charge in [0.05, 0.1) is 13.2 Å². The number of hydrogen-bond acceptors (Lipinski definition) is 2. The van der Waals surface area contributed by atoms with Crippen molar-refractivity contribution in [2.24, 2.45) is 10.8 Å². The van der Waals surface area contributed by atoms with Crippen LogP contribution in [0.5, 0.6) is 0 Å².